The van der Waals surface area contributed by atoms with Crippen molar-refractivity contribution >= 4 is 11.4 Å². The zero-order valence-corrected chi connectivity index (χ0v) is 21.6. The van der Waals surface area contributed by atoms with Gasteiger partial charge in [-0.1, -0.05) is 0 Å². The molecule has 0 spiro atoms. The molecular weight excluding hydrogens is 522 g/mol. The van der Waals surface area contributed by atoms with Crippen LogP contribution >= 0.6 is 0 Å². The minimum absolute atomic E-state index is 0.00570. The molecule has 0 amide bonds. The van der Waals surface area contributed by atoms with Crippen LogP contribution in [0.3, 0.4) is 0 Å². The number of nitriles is 1. The van der Waals surface area contributed by atoms with Gasteiger partial charge in [-0.3, -0.25) is 0 Å². The molecule has 5 aliphatic rings. The van der Waals surface area contributed by atoms with E-state index in [9.17, 15) is 22.8 Å². The molecular formula is C29H29F4N7. The van der Waals surface area contributed by atoms with Crippen LogP contribution in [-0.4, -0.2) is 45.6 Å². The van der Waals surface area contributed by atoms with E-state index >= 15 is 0 Å². The van der Waals surface area contributed by atoms with Gasteiger partial charge in [0, 0.05) is 29.6 Å². The van der Waals surface area contributed by atoms with Gasteiger partial charge in [0.25, 0.3) is 0 Å². The molecule has 208 valence electrons. The highest BCUT2D eigenvalue weighted by molar-refractivity contribution is 5.98. The van der Waals surface area contributed by atoms with Crippen molar-refractivity contribution in [3.8, 4) is 6.19 Å². The van der Waals surface area contributed by atoms with E-state index in [0.717, 1.165) is 31.4 Å². The molecule has 10 atom stereocenters. The third kappa shape index (κ3) is 4.15. The molecule has 4 saturated carbocycles. The van der Waals surface area contributed by atoms with Crippen LogP contribution in [0.4, 0.5) is 17.6 Å². The Balaban J connectivity index is 1.12. The first-order chi connectivity index (χ1) is 19.3. The largest absolute Gasteiger partial charge is 0.308 e. The lowest BCUT2D eigenvalue weighted by Gasteiger charge is -2.42. The van der Waals surface area contributed by atoms with Crippen LogP contribution in [0.15, 0.2) is 29.3 Å². The van der Waals surface area contributed by atoms with Crippen molar-refractivity contribution in [2.75, 3.05) is 0 Å². The molecule has 3 heterocycles. The van der Waals surface area contributed by atoms with Crippen molar-refractivity contribution in [1.82, 2.24) is 20.6 Å². The van der Waals surface area contributed by atoms with Crippen LogP contribution in [0, 0.1) is 64.3 Å². The Morgan fingerprint density at radius 2 is 1.23 bits per heavy atom. The summed E-state index contributed by atoms with van der Waals surface area (Å²) < 4.78 is 55.3. The van der Waals surface area contributed by atoms with Crippen LogP contribution in [-0.2, 0) is 0 Å². The Kier molecular flexibility index (Phi) is 6.24. The van der Waals surface area contributed by atoms with E-state index in [1.165, 1.54) is 24.3 Å². The van der Waals surface area contributed by atoms with Gasteiger partial charge in [0.1, 0.15) is 0 Å². The smallest absolute Gasteiger partial charge is 0.215 e. The molecule has 5 fully saturated rings. The average Bonchev–Trinajstić information content (AvgIpc) is 3.37. The number of hydrogen-bond donors (Lipinski definition) is 3. The first-order valence-electron chi connectivity index (χ1n) is 14.0. The third-order valence-corrected chi connectivity index (χ3v) is 10.3. The number of rotatable bonds is 2. The highest BCUT2D eigenvalue weighted by Crippen LogP contribution is 2.51. The van der Waals surface area contributed by atoms with Gasteiger partial charge < -0.3 is 16.0 Å². The van der Waals surface area contributed by atoms with Gasteiger partial charge in [0.05, 0.1) is 17.8 Å². The molecule has 2 aromatic rings. The van der Waals surface area contributed by atoms with Gasteiger partial charge in [0.2, 0.25) is 30.0 Å². The average molecular weight is 552 g/mol. The molecule has 40 heavy (non-hydrogen) atoms. The van der Waals surface area contributed by atoms with Gasteiger partial charge in [-0.15, -0.1) is 0 Å². The Hall–Kier alpha value is -3.23. The van der Waals surface area contributed by atoms with Crippen LogP contribution in [0.1, 0.15) is 61.5 Å². The number of nitrogens with one attached hydrogen (secondary N) is 3. The fraction of sp³-hybridized carbons (Fsp3) is 0.552. The number of nitrogens with zero attached hydrogens (tertiary/aromatic N) is 4. The summed E-state index contributed by atoms with van der Waals surface area (Å²) in [5.74, 6) is -3.04. The fourth-order valence-corrected chi connectivity index (χ4v) is 8.77. The molecule has 0 bridgehead atoms. The second kappa shape index (κ2) is 9.70. The lowest BCUT2D eigenvalue weighted by atomic mass is 9.72. The molecule has 10 unspecified atom stereocenters. The predicted molar refractivity (Wildman–Crippen MR) is 138 cm³/mol. The first kappa shape index (κ1) is 25.7. The van der Waals surface area contributed by atoms with Crippen molar-refractivity contribution in [1.29, 1.82) is 10.7 Å². The highest BCUT2D eigenvalue weighted by atomic mass is 19.1. The van der Waals surface area contributed by atoms with Crippen molar-refractivity contribution in [3.05, 3.63) is 59.2 Å². The zero-order valence-electron chi connectivity index (χ0n) is 21.6. The van der Waals surface area contributed by atoms with Crippen LogP contribution in [0.2, 0.25) is 0 Å². The number of hydrogen-bond acceptors (Lipinski definition) is 7. The van der Waals surface area contributed by atoms with Gasteiger partial charge in [-0.05, 0) is 97.6 Å². The Morgan fingerprint density at radius 1 is 0.750 bits per heavy atom. The molecule has 7 rings (SSSR count). The highest BCUT2D eigenvalue weighted by Gasteiger charge is 2.59. The normalized spacial score (nSPS) is 39.3. The van der Waals surface area contributed by atoms with Gasteiger partial charge >= 0.3 is 0 Å². The van der Waals surface area contributed by atoms with E-state index < -0.39 is 23.8 Å². The molecule has 1 aliphatic heterocycles. The second-order valence-electron chi connectivity index (χ2n) is 12.1. The molecule has 4 aliphatic carbocycles. The molecule has 1 saturated heterocycles. The summed E-state index contributed by atoms with van der Waals surface area (Å²) in [6.45, 7) is 0. The number of halogens is 4. The molecule has 0 aromatic carbocycles. The van der Waals surface area contributed by atoms with Crippen molar-refractivity contribution < 1.29 is 17.6 Å². The zero-order chi connectivity index (χ0) is 27.7. The number of aromatic nitrogens is 2. The molecule has 0 radical (unpaired) electrons. The molecule has 11 heteroatoms. The van der Waals surface area contributed by atoms with E-state index in [1.54, 1.807) is 0 Å². The maximum atomic E-state index is 13.9. The fourth-order valence-electron chi connectivity index (χ4n) is 8.77. The lowest BCUT2D eigenvalue weighted by Crippen LogP contribution is -2.67. The quantitative estimate of drug-likeness (QED) is 0.292. The van der Waals surface area contributed by atoms with E-state index in [-0.39, 0.29) is 59.7 Å². The standard InChI is InChI=1S/C29H29F4N7/c30-20-7-14(8-21(31)37-20)12-1-3-16-18(5-12)24(35)28-26(16)40-29-25(36-11-34)19-6-13(2-4-17(19)27(29)39-28)15-9-22(32)38-23(33)10-15/h7-10,12-13,16-19,26-29,35,39-40H,1-6H2. The number of aliphatic imine (C=N–C) groups is 1. The van der Waals surface area contributed by atoms with Crippen LogP contribution < -0.4 is 10.6 Å². The van der Waals surface area contributed by atoms with Crippen molar-refractivity contribution in [3.63, 3.8) is 0 Å². The minimum atomic E-state index is -0.832. The summed E-state index contributed by atoms with van der Waals surface area (Å²) in [6, 6.07) is 4.86. The second-order valence-corrected chi connectivity index (χ2v) is 12.1. The number of fused-ring (bicyclic) bond motifs is 6. The van der Waals surface area contributed by atoms with E-state index in [2.05, 4.69) is 25.6 Å². The Labute approximate surface area is 229 Å². The summed E-state index contributed by atoms with van der Waals surface area (Å²) in [7, 11) is 0. The topological polar surface area (TPSA) is 110 Å². The SMILES string of the molecule is N#CN=C1C2CC(c3cc(F)nc(F)c3)CCC2C2NC3C(=N)C4CC(c5cc(F)nc(F)c5)CCC4C3NC12. The molecule has 3 N–H and O–H groups in total. The summed E-state index contributed by atoms with van der Waals surface area (Å²) in [5, 5.41) is 26.3. The third-order valence-electron chi connectivity index (χ3n) is 10.3. The first-order valence-corrected chi connectivity index (χ1v) is 14.0. The number of pyridine rings is 2. The van der Waals surface area contributed by atoms with Crippen LogP contribution in [0.5, 0.6) is 0 Å². The van der Waals surface area contributed by atoms with Crippen molar-refractivity contribution in [2.45, 2.75) is 74.5 Å². The summed E-state index contributed by atoms with van der Waals surface area (Å²) in [5.41, 5.74) is 2.59. The Bertz CT molecular complexity index is 1400. The van der Waals surface area contributed by atoms with Gasteiger partial charge in [0.15, 0.2) is 0 Å². The summed E-state index contributed by atoms with van der Waals surface area (Å²) >= 11 is 0. The number of piperazine rings is 1. The summed E-state index contributed by atoms with van der Waals surface area (Å²) in [4.78, 5) is 10.7. The van der Waals surface area contributed by atoms with E-state index in [0.29, 0.717) is 29.7 Å². The van der Waals surface area contributed by atoms with Gasteiger partial charge in [-0.2, -0.15) is 37.8 Å². The summed E-state index contributed by atoms with van der Waals surface area (Å²) in [6.07, 6.45) is 6.43. The van der Waals surface area contributed by atoms with Crippen LogP contribution in [0.25, 0.3) is 0 Å². The van der Waals surface area contributed by atoms with E-state index in [1.807, 2.05) is 6.19 Å². The lowest BCUT2D eigenvalue weighted by molar-refractivity contribution is 0.161. The predicted octanol–water partition coefficient (Wildman–Crippen LogP) is 4.37. The minimum Gasteiger partial charge on any atom is -0.308 e. The van der Waals surface area contributed by atoms with Gasteiger partial charge in [-0.25, -0.2) is 0 Å². The van der Waals surface area contributed by atoms with Crippen molar-refractivity contribution in [2.24, 2.45) is 28.7 Å². The van der Waals surface area contributed by atoms with E-state index in [4.69, 9.17) is 5.41 Å². The maximum absolute atomic E-state index is 13.9. The molecule has 7 nitrogen and oxygen atoms in total. The molecule has 2 aromatic heterocycles. The maximum Gasteiger partial charge on any atom is 0.215 e. The Morgan fingerprint density at radius 3 is 1.77 bits per heavy atom. The monoisotopic (exact) mass is 551 g/mol.